The first kappa shape index (κ1) is 30.6. The Hall–Kier alpha value is -3.81. The standard InChI is InChI=1S/C30H41N7O5S/c1-18-8-9-19(12-24(18)37-16-23(33-35-37)25-15-31-28(36(25)5)30(4)10-11-30)27(39)32-21-13-20(29(2,3)17-38)14-22(26(21)42-6)34-43(7,40)41/h8-9,12-14,16,25,33-35,38H,10-11,15,17H2,1-7H3,(H,32,39). The van der Waals surface area contributed by atoms with Crippen LogP contribution in [0.25, 0.3) is 0 Å². The molecule has 2 aromatic carbocycles. The van der Waals surface area contributed by atoms with Crippen molar-refractivity contribution < 1.29 is 23.1 Å². The lowest BCUT2D eigenvalue weighted by Gasteiger charge is -2.26. The van der Waals surface area contributed by atoms with Crippen LogP contribution in [0.5, 0.6) is 5.75 Å². The topological polar surface area (TPSA) is 148 Å². The molecule has 13 heteroatoms. The first-order valence-electron chi connectivity index (χ1n) is 14.2. The van der Waals surface area contributed by atoms with E-state index in [1.807, 2.05) is 38.0 Å². The van der Waals surface area contributed by atoms with Crippen LogP contribution < -0.4 is 30.7 Å². The van der Waals surface area contributed by atoms with Gasteiger partial charge in [0.15, 0.2) is 5.75 Å². The molecule has 0 aromatic heterocycles. The number of methoxy groups -OCH3 is 1. The molecule has 0 radical (unpaired) electrons. The third kappa shape index (κ3) is 6.15. The summed E-state index contributed by atoms with van der Waals surface area (Å²) in [7, 11) is -0.172. The van der Waals surface area contributed by atoms with E-state index >= 15 is 0 Å². The van der Waals surface area contributed by atoms with Crippen molar-refractivity contribution >= 4 is 38.8 Å². The highest BCUT2D eigenvalue weighted by Crippen LogP contribution is 2.48. The van der Waals surface area contributed by atoms with Gasteiger partial charge in [-0.05, 0) is 55.2 Å². The molecule has 1 atom stereocenters. The molecule has 1 unspecified atom stereocenters. The Balaban J connectivity index is 1.41. The van der Waals surface area contributed by atoms with E-state index in [2.05, 4.69) is 39.9 Å². The summed E-state index contributed by atoms with van der Waals surface area (Å²) < 4.78 is 32.2. The van der Waals surface area contributed by atoms with Crippen molar-refractivity contribution in [1.29, 1.82) is 0 Å². The molecule has 0 saturated heterocycles. The minimum atomic E-state index is -3.66. The van der Waals surface area contributed by atoms with E-state index in [1.54, 1.807) is 24.3 Å². The first-order chi connectivity index (χ1) is 20.2. The summed E-state index contributed by atoms with van der Waals surface area (Å²) in [5.41, 5.74) is 10.1. The van der Waals surface area contributed by atoms with E-state index in [0.29, 0.717) is 17.7 Å². The van der Waals surface area contributed by atoms with E-state index in [9.17, 15) is 18.3 Å². The fourth-order valence-corrected chi connectivity index (χ4v) is 5.97. The molecule has 43 heavy (non-hydrogen) atoms. The van der Waals surface area contributed by atoms with Crippen LogP contribution in [0.3, 0.4) is 0 Å². The number of aryl methyl sites for hydroxylation is 1. The number of amidine groups is 1. The summed E-state index contributed by atoms with van der Waals surface area (Å²) in [6.45, 7) is 8.35. The SMILES string of the molecule is COc1c(NC(=O)c2ccc(C)c(N3C=C(C4CN=C(C5(C)CC5)N4C)NN3)c2)cc(C(C)(C)CO)cc1NS(C)(=O)=O. The number of rotatable bonds is 10. The second kappa shape index (κ2) is 11.0. The van der Waals surface area contributed by atoms with Crippen LogP contribution in [0.1, 0.15) is 55.1 Å². The molecule has 3 aliphatic rings. The number of amides is 1. The highest BCUT2D eigenvalue weighted by atomic mass is 32.2. The molecule has 232 valence electrons. The molecule has 1 saturated carbocycles. The van der Waals surface area contributed by atoms with Crippen molar-refractivity contribution in [3.05, 3.63) is 58.9 Å². The van der Waals surface area contributed by atoms with Gasteiger partial charge in [0, 0.05) is 29.6 Å². The van der Waals surface area contributed by atoms with Gasteiger partial charge in [-0.15, -0.1) is 5.53 Å². The summed E-state index contributed by atoms with van der Waals surface area (Å²) in [5.74, 6) is 0.903. The molecule has 1 aliphatic carbocycles. The molecule has 2 heterocycles. The number of aliphatic hydroxyl groups excluding tert-OH is 1. The van der Waals surface area contributed by atoms with Crippen molar-refractivity contribution in [2.24, 2.45) is 10.4 Å². The molecule has 1 fully saturated rings. The minimum absolute atomic E-state index is 0.0920. The quantitative estimate of drug-likeness (QED) is 0.273. The van der Waals surface area contributed by atoms with Crippen LogP contribution in [0.4, 0.5) is 17.1 Å². The zero-order chi connectivity index (χ0) is 31.3. The Kier molecular flexibility index (Phi) is 7.86. The zero-order valence-corrected chi connectivity index (χ0v) is 26.5. The number of hydrazine groups is 2. The monoisotopic (exact) mass is 611 g/mol. The number of nitrogens with one attached hydrogen (secondary N) is 4. The third-order valence-corrected chi connectivity index (χ3v) is 9.04. The van der Waals surface area contributed by atoms with Gasteiger partial charge < -0.3 is 25.5 Å². The van der Waals surface area contributed by atoms with Crippen LogP contribution in [0.15, 0.2) is 47.2 Å². The summed E-state index contributed by atoms with van der Waals surface area (Å²) in [6, 6.07) is 8.77. The molecule has 12 nitrogen and oxygen atoms in total. The van der Waals surface area contributed by atoms with E-state index in [-0.39, 0.29) is 35.2 Å². The number of anilines is 3. The molecule has 0 spiro atoms. The predicted molar refractivity (Wildman–Crippen MR) is 169 cm³/mol. The van der Waals surface area contributed by atoms with Gasteiger partial charge >= 0.3 is 0 Å². The van der Waals surface area contributed by atoms with Gasteiger partial charge in [-0.25, -0.2) is 8.42 Å². The normalized spacial score (nSPS) is 19.5. The Morgan fingerprint density at radius 2 is 1.93 bits per heavy atom. The summed E-state index contributed by atoms with van der Waals surface area (Å²) in [4.78, 5) is 20.7. The predicted octanol–water partition coefficient (Wildman–Crippen LogP) is 3.08. The Labute approximate surface area is 253 Å². The number of aliphatic imine (C=N–C) groups is 1. The van der Waals surface area contributed by atoms with Crippen molar-refractivity contribution in [1.82, 2.24) is 15.9 Å². The summed E-state index contributed by atoms with van der Waals surface area (Å²) in [5, 5.41) is 14.7. The highest BCUT2D eigenvalue weighted by Gasteiger charge is 2.48. The van der Waals surface area contributed by atoms with Crippen molar-refractivity contribution in [2.45, 2.75) is 52.0 Å². The number of benzene rings is 2. The van der Waals surface area contributed by atoms with E-state index in [0.717, 1.165) is 29.0 Å². The molecule has 1 amide bonds. The number of hydrogen-bond acceptors (Lipinski definition) is 10. The van der Waals surface area contributed by atoms with Crippen LogP contribution in [-0.2, 0) is 15.4 Å². The summed E-state index contributed by atoms with van der Waals surface area (Å²) >= 11 is 0. The van der Waals surface area contributed by atoms with Gasteiger partial charge in [0.1, 0.15) is 5.84 Å². The molecule has 5 N–H and O–H groups in total. The van der Waals surface area contributed by atoms with Crippen LogP contribution in [0, 0.1) is 12.3 Å². The Morgan fingerprint density at radius 3 is 2.56 bits per heavy atom. The highest BCUT2D eigenvalue weighted by molar-refractivity contribution is 7.92. The van der Waals surface area contributed by atoms with E-state index in [1.165, 1.54) is 20.0 Å². The maximum atomic E-state index is 13.6. The molecule has 0 bridgehead atoms. The van der Waals surface area contributed by atoms with Gasteiger partial charge in [-0.1, -0.05) is 26.8 Å². The fraction of sp³-hybridized carbons (Fsp3) is 0.467. The second-order valence-corrected chi connectivity index (χ2v) is 14.3. The van der Waals surface area contributed by atoms with E-state index in [4.69, 9.17) is 9.73 Å². The van der Waals surface area contributed by atoms with Crippen LogP contribution in [-0.4, -0.2) is 69.8 Å². The maximum absolute atomic E-state index is 13.6. The maximum Gasteiger partial charge on any atom is 0.255 e. The van der Waals surface area contributed by atoms with Crippen molar-refractivity contribution in [3.63, 3.8) is 0 Å². The fourth-order valence-electron chi connectivity index (χ4n) is 5.42. The summed E-state index contributed by atoms with van der Waals surface area (Å²) in [6.07, 6.45) is 5.36. The van der Waals surface area contributed by atoms with Gasteiger partial charge in [-0.2, -0.15) is 0 Å². The van der Waals surface area contributed by atoms with Gasteiger partial charge in [0.2, 0.25) is 10.0 Å². The zero-order valence-electron chi connectivity index (χ0n) is 25.7. The lowest BCUT2D eigenvalue weighted by Crippen LogP contribution is -2.43. The average Bonchev–Trinajstić information content (AvgIpc) is 3.30. The first-order valence-corrected chi connectivity index (χ1v) is 16.1. The third-order valence-electron chi connectivity index (χ3n) is 8.45. The van der Waals surface area contributed by atoms with Crippen LogP contribution >= 0.6 is 0 Å². The molecular weight excluding hydrogens is 570 g/mol. The lowest BCUT2D eigenvalue weighted by molar-refractivity contribution is 0.102. The van der Waals surface area contributed by atoms with E-state index < -0.39 is 21.3 Å². The Bertz CT molecular complexity index is 1610. The molecular formula is C30H41N7O5S. The lowest BCUT2D eigenvalue weighted by atomic mass is 9.85. The average molecular weight is 612 g/mol. The number of ether oxygens (including phenoxy) is 1. The van der Waals surface area contributed by atoms with Gasteiger partial charge in [0.25, 0.3) is 5.91 Å². The van der Waals surface area contributed by atoms with Crippen molar-refractivity contribution in [2.75, 3.05) is 48.6 Å². The smallest absolute Gasteiger partial charge is 0.255 e. The second-order valence-electron chi connectivity index (χ2n) is 12.5. The number of aliphatic hydroxyl groups is 1. The number of carbonyl (C=O) groups is 1. The molecule has 2 aliphatic heterocycles. The van der Waals surface area contributed by atoms with Crippen LogP contribution in [0.2, 0.25) is 0 Å². The number of hydrogen-bond donors (Lipinski definition) is 5. The molecule has 2 aromatic rings. The van der Waals surface area contributed by atoms with Crippen molar-refractivity contribution in [3.8, 4) is 5.75 Å². The minimum Gasteiger partial charge on any atom is -0.492 e. The Morgan fingerprint density at radius 1 is 1.23 bits per heavy atom. The number of nitrogens with zero attached hydrogens (tertiary/aromatic N) is 3. The molecule has 5 rings (SSSR count). The largest absolute Gasteiger partial charge is 0.492 e. The number of sulfonamides is 1. The number of carbonyl (C=O) groups excluding carboxylic acids is 1. The number of likely N-dealkylation sites (N-methyl/N-ethyl adjacent to an activating group) is 1. The van der Waals surface area contributed by atoms with Gasteiger partial charge in [-0.3, -0.25) is 19.5 Å². The van der Waals surface area contributed by atoms with Gasteiger partial charge in [0.05, 0.1) is 55.3 Å².